The van der Waals surface area contributed by atoms with Crippen LogP contribution >= 0.6 is 0 Å². The number of carbonyl (C=O) groups excluding carboxylic acids is 1. The lowest BCUT2D eigenvalue weighted by molar-refractivity contribution is 0.194. The first-order chi connectivity index (χ1) is 18.9. The summed E-state index contributed by atoms with van der Waals surface area (Å²) in [7, 11) is 0. The molecule has 2 amide bonds. The van der Waals surface area contributed by atoms with Crippen molar-refractivity contribution in [2.45, 2.75) is 46.7 Å². The van der Waals surface area contributed by atoms with Gasteiger partial charge in [0.15, 0.2) is 0 Å². The van der Waals surface area contributed by atoms with Crippen LogP contribution in [0.1, 0.15) is 52.2 Å². The molecule has 6 nitrogen and oxygen atoms in total. The van der Waals surface area contributed by atoms with E-state index in [9.17, 15) is 4.79 Å². The molecule has 1 aliphatic heterocycles. The van der Waals surface area contributed by atoms with Gasteiger partial charge >= 0.3 is 6.03 Å². The lowest BCUT2D eigenvalue weighted by Gasteiger charge is -2.31. The van der Waals surface area contributed by atoms with Crippen molar-refractivity contribution < 1.29 is 4.79 Å². The molecule has 3 aromatic carbocycles. The maximum absolute atomic E-state index is 14.2. The number of hydrogen-bond acceptors (Lipinski definition) is 2. The van der Waals surface area contributed by atoms with E-state index in [-0.39, 0.29) is 12.1 Å². The molecule has 0 bridgehead atoms. The molecule has 1 atom stereocenters. The van der Waals surface area contributed by atoms with Gasteiger partial charge in [0.25, 0.3) is 0 Å². The quantitative estimate of drug-likeness (QED) is 0.273. The lowest BCUT2D eigenvalue weighted by Crippen LogP contribution is -2.38. The van der Waals surface area contributed by atoms with Crippen LogP contribution in [0.15, 0.2) is 91.1 Å². The molecule has 0 fully saturated rings. The van der Waals surface area contributed by atoms with E-state index >= 15 is 0 Å². The van der Waals surface area contributed by atoms with Gasteiger partial charge in [0.2, 0.25) is 0 Å². The summed E-state index contributed by atoms with van der Waals surface area (Å²) in [5, 5.41) is 8.16. The molecule has 196 valence electrons. The van der Waals surface area contributed by atoms with Crippen molar-refractivity contribution in [1.29, 1.82) is 0 Å². The molecule has 0 radical (unpaired) electrons. The van der Waals surface area contributed by atoms with E-state index in [1.54, 1.807) is 0 Å². The number of fused-ring (bicyclic) bond motifs is 3. The number of hydrogen-bond donors (Lipinski definition) is 1. The standard InChI is InChI=1S/C33H33N5O/c1-5-25-14-16-26(17-15-25)31-30-12-9-19-36(30)32-28(24(4)35-38(32)27-10-7-6-8-11-27)21-37(31)33(39)34-29-18-13-22(2)20-23(29)3/h6-20,31H,5,21H2,1-4H3,(H,34,39)/t31-/m1/s1. The number of para-hydroxylation sites is 1. The Kier molecular flexibility index (Phi) is 6.31. The number of rotatable bonds is 4. The molecule has 1 aliphatic rings. The monoisotopic (exact) mass is 515 g/mol. The maximum Gasteiger partial charge on any atom is 0.322 e. The van der Waals surface area contributed by atoms with Gasteiger partial charge in [0.1, 0.15) is 5.82 Å². The van der Waals surface area contributed by atoms with E-state index in [0.29, 0.717) is 6.54 Å². The second kappa shape index (κ2) is 9.95. The number of amides is 2. The molecule has 0 saturated carbocycles. The van der Waals surface area contributed by atoms with Crippen LogP contribution in [0.4, 0.5) is 10.5 Å². The highest BCUT2D eigenvalue weighted by atomic mass is 16.2. The largest absolute Gasteiger partial charge is 0.322 e. The number of benzene rings is 3. The predicted molar refractivity (Wildman–Crippen MR) is 156 cm³/mol. The summed E-state index contributed by atoms with van der Waals surface area (Å²) in [4.78, 5) is 16.1. The summed E-state index contributed by atoms with van der Waals surface area (Å²) in [5.74, 6) is 0.968. The fourth-order valence-electron chi connectivity index (χ4n) is 5.58. The van der Waals surface area contributed by atoms with Crippen molar-refractivity contribution in [3.63, 3.8) is 0 Å². The fourth-order valence-corrected chi connectivity index (χ4v) is 5.58. The average molecular weight is 516 g/mol. The molecular weight excluding hydrogens is 482 g/mol. The molecule has 5 aromatic rings. The van der Waals surface area contributed by atoms with Gasteiger partial charge in [-0.3, -0.25) is 0 Å². The van der Waals surface area contributed by atoms with Crippen molar-refractivity contribution in [2.75, 3.05) is 5.32 Å². The second-order valence-corrected chi connectivity index (χ2v) is 10.3. The van der Waals surface area contributed by atoms with Crippen LogP contribution in [0.5, 0.6) is 0 Å². The molecule has 1 N–H and O–H groups in total. The normalized spacial score (nSPS) is 14.5. The third kappa shape index (κ3) is 4.42. The number of nitrogens with zero attached hydrogens (tertiary/aromatic N) is 4. The fraction of sp³-hybridized carbons (Fsp3) is 0.212. The molecular formula is C33H33N5O. The minimum atomic E-state index is -0.285. The Morgan fingerprint density at radius 2 is 1.72 bits per heavy atom. The first kappa shape index (κ1) is 24.7. The third-order valence-electron chi connectivity index (χ3n) is 7.67. The molecule has 39 heavy (non-hydrogen) atoms. The van der Waals surface area contributed by atoms with Crippen molar-refractivity contribution in [3.05, 3.63) is 130 Å². The van der Waals surface area contributed by atoms with Crippen LogP contribution < -0.4 is 5.32 Å². The molecule has 0 unspecified atom stereocenters. The van der Waals surface area contributed by atoms with Crippen LogP contribution in [0.3, 0.4) is 0 Å². The molecule has 0 aliphatic carbocycles. The first-order valence-corrected chi connectivity index (χ1v) is 13.5. The van der Waals surface area contributed by atoms with Gasteiger partial charge in [-0.2, -0.15) is 5.10 Å². The zero-order valence-electron chi connectivity index (χ0n) is 22.8. The highest BCUT2D eigenvalue weighted by molar-refractivity contribution is 5.91. The van der Waals surface area contributed by atoms with Crippen LogP contribution in [-0.4, -0.2) is 25.3 Å². The topological polar surface area (TPSA) is 55.1 Å². The van der Waals surface area contributed by atoms with Gasteiger partial charge in [-0.05, 0) is 74.2 Å². The van der Waals surface area contributed by atoms with E-state index in [1.165, 1.54) is 11.1 Å². The Morgan fingerprint density at radius 1 is 0.949 bits per heavy atom. The molecule has 0 saturated heterocycles. The summed E-state index contributed by atoms with van der Waals surface area (Å²) >= 11 is 0. The SMILES string of the molecule is CCc1ccc([C@@H]2c3cccn3-c3c(c(C)nn3-c3ccccc3)CN2C(=O)Nc2ccc(C)cc2C)cc1. The summed E-state index contributed by atoms with van der Waals surface area (Å²) in [6, 6.07) is 28.7. The van der Waals surface area contributed by atoms with Gasteiger partial charge in [-0.1, -0.05) is 67.1 Å². The van der Waals surface area contributed by atoms with E-state index in [4.69, 9.17) is 5.10 Å². The van der Waals surface area contributed by atoms with Crippen molar-refractivity contribution in [1.82, 2.24) is 19.2 Å². The zero-order valence-corrected chi connectivity index (χ0v) is 22.8. The number of anilines is 1. The Labute approximate surface area is 229 Å². The summed E-state index contributed by atoms with van der Waals surface area (Å²) < 4.78 is 4.20. The molecule has 6 rings (SSSR count). The Bertz CT molecular complexity index is 1650. The van der Waals surface area contributed by atoms with Crippen molar-refractivity contribution in [2.24, 2.45) is 0 Å². The lowest BCUT2D eigenvalue weighted by atomic mass is 9.99. The number of urea groups is 1. The first-order valence-electron chi connectivity index (χ1n) is 13.5. The van der Waals surface area contributed by atoms with Crippen LogP contribution in [0.2, 0.25) is 0 Å². The molecule has 3 heterocycles. The summed E-state index contributed by atoms with van der Waals surface area (Å²) in [5.41, 5.74) is 9.31. The smallest absolute Gasteiger partial charge is 0.308 e. The second-order valence-electron chi connectivity index (χ2n) is 10.3. The van der Waals surface area contributed by atoms with E-state index in [0.717, 1.165) is 51.7 Å². The highest BCUT2D eigenvalue weighted by Gasteiger charge is 2.36. The highest BCUT2D eigenvalue weighted by Crippen LogP contribution is 2.39. The van der Waals surface area contributed by atoms with Crippen LogP contribution in [-0.2, 0) is 13.0 Å². The molecule has 2 aromatic heterocycles. The van der Waals surface area contributed by atoms with Crippen molar-refractivity contribution >= 4 is 11.7 Å². The minimum Gasteiger partial charge on any atom is -0.308 e. The number of nitrogens with one attached hydrogen (secondary N) is 1. The zero-order chi connectivity index (χ0) is 27.1. The summed E-state index contributed by atoms with van der Waals surface area (Å²) in [6.07, 6.45) is 3.05. The summed E-state index contributed by atoms with van der Waals surface area (Å²) in [6.45, 7) is 8.70. The van der Waals surface area contributed by atoms with E-state index < -0.39 is 0 Å². The number of aromatic nitrogens is 3. The van der Waals surface area contributed by atoms with Gasteiger partial charge < -0.3 is 14.8 Å². The van der Waals surface area contributed by atoms with Crippen molar-refractivity contribution in [3.8, 4) is 11.5 Å². The van der Waals surface area contributed by atoms with Gasteiger partial charge in [0.05, 0.1) is 29.7 Å². The van der Waals surface area contributed by atoms with Crippen LogP contribution in [0, 0.1) is 20.8 Å². The van der Waals surface area contributed by atoms with E-state index in [2.05, 4.69) is 84.5 Å². The Morgan fingerprint density at radius 3 is 2.44 bits per heavy atom. The number of aryl methyl sites for hydroxylation is 4. The Balaban J connectivity index is 1.52. The van der Waals surface area contributed by atoms with Crippen LogP contribution in [0.25, 0.3) is 11.5 Å². The van der Waals surface area contributed by atoms with E-state index in [1.807, 2.05) is 53.8 Å². The Hall–Kier alpha value is -4.58. The minimum absolute atomic E-state index is 0.140. The maximum atomic E-state index is 14.2. The molecule has 0 spiro atoms. The predicted octanol–water partition coefficient (Wildman–Crippen LogP) is 7.29. The molecule has 6 heteroatoms. The van der Waals surface area contributed by atoms with Gasteiger partial charge in [-0.25, -0.2) is 9.48 Å². The van der Waals surface area contributed by atoms with Gasteiger partial charge in [0, 0.05) is 17.4 Å². The third-order valence-corrected chi connectivity index (χ3v) is 7.67. The number of carbonyl (C=O) groups is 1. The van der Waals surface area contributed by atoms with Gasteiger partial charge in [-0.15, -0.1) is 0 Å². The average Bonchev–Trinajstić information content (AvgIpc) is 3.51.